The van der Waals surface area contributed by atoms with Crippen molar-refractivity contribution in [1.82, 2.24) is 0 Å². The average molecular weight is 669 g/mol. The summed E-state index contributed by atoms with van der Waals surface area (Å²) in [4.78, 5) is 0. The third-order valence-electron chi connectivity index (χ3n) is 10.5. The van der Waals surface area contributed by atoms with Crippen molar-refractivity contribution in [1.29, 1.82) is 0 Å². The monoisotopic (exact) mass is 668 g/mol. The fourth-order valence-corrected chi connectivity index (χ4v) is 10.9. The molecule has 9 aromatic carbocycles. The Morgan fingerprint density at radius 1 is 0.300 bits per heavy atom. The maximum absolute atomic E-state index is 2.46. The molecule has 0 spiro atoms. The largest absolute Gasteiger partial charge is 0.134 e. The molecule has 11 aromatic rings. The van der Waals surface area contributed by atoms with Crippen LogP contribution >= 0.6 is 22.7 Å². The minimum absolute atomic E-state index is 1.24. The Morgan fingerprint density at radius 3 is 1.50 bits per heavy atom. The molecule has 0 bridgehead atoms. The van der Waals surface area contributed by atoms with Crippen LogP contribution in [0.5, 0.6) is 0 Å². The maximum atomic E-state index is 2.46. The van der Waals surface area contributed by atoms with E-state index in [2.05, 4.69) is 170 Å². The van der Waals surface area contributed by atoms with E-state index in [0.717, 1.165) is 0 Å². The van der Waals surface area contributed by atoms with Crippen LogP contribution in [0.2, 0.25) is 0 Å². The molecule has 0 nitrogen and oxygen atoms in total. The fourth-order valence-electron chi connectivity index (χ4n) is 8.27. The minimum atomic E-state index is 1.24. The zero-order chi connectivity index (χ0) is 32.8. The quantitative estimate of drug-likeness (QED) is 0.164. The van der Waals surface area contributed by atoms with Gasteiger partial charge in [-0.1, -0.05) is 158 Å². The summed E-state index contributed by atoms with van der Waals surface area (Å²) in [7, 11) is 0. The Hall–Kier alpha value is -5.80. The number of thiophene rings is 2. The number of fused-ring (bicyclic) bond motifs is 11. The smallest absolute Gasteiger partial charge is 0.0454 e. The first-order valence-corrected chi connectivity index (χ1v) is 18.7. The summed E-state index contributed by atoms with van der Waals surface area (Å²) in [5, 5.41) is 13.2. The Balaban J connectivity index is 1.16. The van der Waals surface area contributed by atoms with Gasteiger partial charge in [0.1, 0.15) is 0 Å². The average Bonchev–Trinajstić information content (AvgIpc) is 3.76. The van der Waals surface area contributed by atoms with E-state index in [1.54, 1.807) is 0 Å². The summed E-state index contributed by atoms with van der Waals surface area (Å²) in [6.07, 6.45) is 0. The van der Waals surface area contributed by atoms with Gasteiger partial charge in [0.05, 0.1) is 0 Å². The van der Waals surface area contributed by atoms with Gasteiger partial charge in [0.15, 0.2) is 0 Å². The van der Waals surface area contributed by atoms with E-state index in [0.29, 0.717) is 0 Å². The first-order chi connectivity index (χ1) is 24.8. The Morgan fingerprint density at radius 2 is 0.820 bits per heavy atom. The van der Waals surface area contributed by atoms with E-state index in [4.69, 9.17) is 0 Å². The predicted octanol–water partition coefficient (Wildman–Crippen LogP) is 14.9. The second-order valence-corrected chi connectivity index (χ2v) is 15.3. The van der Waals surface area contributed by atoms with Crippen molar-refractivity contribution in [2.45, 2.75) is 0 Å². The zero-order valence-electron chi connectivity index (χ0n) is 27.0. The lowest BCUT2D eigenvalue weighted by Crippen LogP contribution is -1.90. The summed E-state index contributed by atoms with van der Waals surface area (Å²) < 4.78 is 5.45. The van der Waals surface area contributed by atoms with Crippen LogP contribution < -0.4 is 0 Å². The SMILES string of the molecule is c1ccc(-c2c3ccccc3c(-c3ccc(-c4cc5sc6c7ccccc7ccc6c5c5sc6ccccc6c45)cc3)c3ccccc23)cc1. The molecule has 2 heteroatoms. The highest BCUT2D eigenvalue weighted by Gasteiger charge is 2.20. The molecule has 0 aliphatic heterocycles. The number of hydrogen-bond donors (Lipinski definition) is 0. The summed E-state index contributed by atoms with van der Waals surface area (Å²) >= 11 is 3.87. The van der Waals surface area contributed by atoms with Crippen LogP contribution in [0.1, 0.15) is 0 Å². The van der Waals surface area contributed by atoms with Gasteiger partial charge in [0.25, 0.3) is 0 Å². The van der Waals surface area contributed by atoms with E-state index < -0.39 is 0 Å². The van der Waals surface area contributed by atoms with Crippen LogP contribution in [0.15, 0.2) is 170 Å². The van der Waals surface area contributed by atoms with Gasteiger partial charge in [-0.15, -0.1) is 22.7 Å². The molecular weight excluding hydrogens is 641 g/mol. The topological polar surface area (TPSA) is 0 Å². The van der Waals surface area contributed by atoms with Gasteiger partial charge < -0.3 is 0 Å². The summed E-state index contributed by atoms with van der Waals surface area (Å²) in [6, 6.07) is 62.8. The number of hydrogen-bond acceptors (Lipinski definition) is 2. The Kier molecular flexibility index (Phi) is 6.09. The van der Waals surface area contributed by atoms with Crippen molar-refractivity contribution in [3.63, 3.8) is 0 Å². The third-order valence-corrected chi connectivity index (χ3v) is 12.8. The molecule has 0 saturated carbocycles. The van der Waals surface area contributed by atoms with E-state index >= 15 is 0 Å². The molecule has 0 unspecified atom stereocenters. The summed E-state index contributed by atoms with van der Waals surface area (Å²) in [5.74, 6) is 0. The molecule has 0 aliphatic rings. The van der Waals surface area contributed by atoms with E-state index in [-0.39, 0.29) is 0 Å². The van der Waals surface area contributed by atoms with Crippen molar-refractivity contribution in [3.8, 4) is 33.4 Å². The van der Waals surface area contributed by atoms with Crippen LogP contribution in [0, 0.1) is 0 Å². The molecule has 0 radical (unpaired) electrons. The number of rotatable bonds is 3. The highest BCUT2D eigenvalue weighted by molar-refractivity contribution is 7.30. The van der Waals surface area contributed by atoms with Crippen LogP contribution in [0.25, 0.3) is 106 Å². The normalized spacial score (nSPS) is 12.0. The van der Waals surface area contributed by atoms with Crippen molar-refractivity contribution in [2.24, 2.45) is 0 Å². The zero-order valence-corrected chi connectivity index (χ0v) is 28.6. The molecule has 0 amide bonds. The predicted molar refractivity (Wildman–Crippen MR) is 221 cm³/mol. The third kappa shape index (κ3) is 4.04. The van der Waals surface area contributed by atoms with Crippen LogP contribution in [0.3, 0.4) is 0 Å². The molecule has 2 aromatic heterocycles. The highest BCUT2D eigenvalue weighted by atomic mass is 32.1. The molecule has 2 heterocycles. The van der Waals surface area contributed by atoms with E-state index in [1.807, 2.05) is 22.7 Å². The lowest BCUT2D eigenvalue weighted by atomic mass is 9.85. The van der Waals surface area contributed by atoms with Crippen molar-refractivity contribution >= 4 is 95.3 Å². The van der Waals surface area contributed by atoms with Gasteiger partial charge >= 0.3 is 0 Å². The Labute approximate surface area is 297 Å². The minimum Gasteiger partial charge on any atom is -0.134 e. The van der Waals surface area contributed by atoms with Gasteiger partial charge in [-0.3, -0.25) is 0 Å². The van der Waals surface area contributed by atoms with Crippen LogP contribution in [0.4, 0.5) is 0 Å². The second kappa shape index (κ2) is 10.9. The Bertz CT molecular complexity index is 3070. The van der Waals surface area contributed by atoms with Gasteiger partial charge in [-0.05, 0) is 77.8 Å². The summed E-state index contributed by atoms with van der Waals surface area (Å²) in [5.41, 5.74) is 7.64. The van der Waals surface area contributed by atoms with Crippen LogP contribution in [-0.2, 0) is 0 Å². The first kappa shape index (κ1) is 28.1. The molecule has 0 N–H and O–H groups in total. The lowest BCUT2D eigenvalue weighted by molar-refractivity contribution is 1.64. The first-order valence-electron chi connectivity index (χ1n) is 17.1. The van der Waals surface area contributed by atoms with Crippen molar-refractivity contribution in [2.75, 3.05) is 0 Å². The lowest BCUT2D eigenvalue weighted by Gasteiger charge is -2.18. The number of benzene rings is 9. The maximum Gasteiger partial charge on any atom is 0.0454 e. The van der Waals surface area contributed by atoms with Crippen LogP contribution in [-0.4, -0.2) is 0 Å². The molecule has 0 fully saturated rings. The molecule has 0 aliphatic carbocycles. The second-order valence-electron chi connectivity index (χ2n) is 13.1. The summed E-state index contributed by atoms with van der Waals surface area (Å²) in [6.45, 7) is 0. The van der Waals surface area contributed by atoms with E-state index in [1.165, 1.54) is 106 Å². The standard InChI is InChI=1S/C48H28S2/c1-2-13-31(14-3-1)43-34-16-6-8-18-36(34)44(37-19-9-7-17-35(37)43)32-24-22-30(23-25-32)40-28-42-46(48-45(40)38-20-10-11-21-41(38)49-48)39-27-26-29-12-4-5-15-33(29)47(39)50-42/h1-28H. The van der Waals surface area contributed by atoms with E-state index in [9.17, 15) is 0 Å². The fraction of sp³-hybridized carbons (Fsp3) is 0. The molecule has 11 rings (SSSR count). The molecular formula is C48H28S2. The molecule has 0 saturated heterocycles. The highest BCUT2D eigenvalue weighted by Crippen LogP contribution is 2.50. The van der Waals surface area contributed by atoms with Gasteiger partial charge in [0.2, 0.25) is 0 Å². The van der Waals surface area contributed by atoms with Gasteiger partial charge in [0, 0.05) is 40.3 Å². The molecule has 0 atom stereocenters. The van der Waals surface area contributed by atoms with Crippen molar-refractivity contribution < 1.29 is 0 Å². The molecule has 50 heavy (non-hydrogen) atoms. The van der Waals surface area contributed by atoms with Gasteiger partial charge in [-0.25, -0.2) is 0 Å². The van der Waals surface area contributed by atoms with Gasteiger partial charge in [-0.2, -0.15) is 0 Å². The molecule has 232 valence electrons. The van der Waals surface area contributed by atoms with Crippen molar-refractivity contribution in [3.05, 3.63) is 170 Å².